The number of rotatable bonds is 6. The van der Waals surface area contributed by atoms with Gasteiger partial charge in [-0.2, -0.15) is 5.26 Å². The van der Waals surface area contributed by atoms with Gasteiger partial charge in [-0.15, -0.1) is 0 Å². The Morgan fingerprint density at radius 1 is 1.13 bits per heavy atom. The van der Waals surface area contributed by atoms with Gasteiger partial charge in [-0.25, -0.2) is 4.79 Å². The molecule has 1 heterocycles. The first-order chi connectivity index (χ1) is 14.3. The number of carbonyl (C=O) groups excluding carboxylic acids is 1. The number of amides is 1. The van der Waals surface area contributed by atoms with Crippen LogP contribution in [0.25, 0.3) is 11.0 Å². The monoisotopic (exact) mass is 424 g/mol. The van der Waals surface area contributed by atoms with E-state index >= 15 is 0 Å². The van der Waals surface area contributed by atoms with Crippen LogP contribution < -0.4 is 15.3 Å². The molecular formula is C23H21ClN2O4. The number of hydrogen-bond acceptors (Lipinski definition) is 5. The summed E-state index contributed by atoms with van der Waals surface area (Å²) in [6.07, 6.45) is 0.194. The first-order valence-corrected chi connectivity index (χ1v) is 9.78. The molecule has 0 radical (unpaired) electrons. The quantitative estimate of drug-likeness (QED) is 0.535. The molecule has 3 rings (SSSR count). The van der Waals surface area contributed by atoms with Gasteiger partial charge < -0.3 is 14.1 Å². The average Bonchev–Trinajstić information content (AvgIpc) is 2.66. The molecule has 6 nitrogen and oxygen atoms in total. The van der Waals surface area contributed by atoms with Crippen LogP contribution in [-0.2, 0) is 4.79 Å². The topological polar surface area (TPSA) is 83.5 Å². The molecule has 1 aromatic heterocycles. The number of carbonyl (C=O) groups is 1. The normalized spacial score (nSPS) is 10.6. The Kier molecular flexibility index (Phi) is 6.43. The standard InChI is InChI=1S/C23H21ClN2O4/c1-14-7-15(2)9-17(8-14)26(6-4-5-25)22(27)13-29-21-12-20-18(11-19(21)24)16(3)10-23(28)30-20/h7-12H,4,6,13H2,1-3H3. The predicted molar refractivity (Wildman–Crippen MR) is 116 cm³/mol. The smallest absolute Gasteiger partial charge is 0.336 e. The van der Waals surface area contributed by atoms with Gasteiger partial charge in [-0.05, 0) is 55.7 Å². The number of benzene rings is 2. The summed E-state index contributed by atoms with van der Waals surface area (Å²) in [6.45, 7) is 5.66. The molecule has 7 heteroatoms. The van der Waals surface area contributed by atoms with E-state index in [0.29, 0.717) is 21.7 Å². The lowest BCUT2D eigenvalue weighted by molar-refractivity contribution is -0.120. The van der Waals surface area contributed by atoms with Crippen molar-refractivity contribution in [3.05, 3.63) is 68.5 Å². The molecule has 0 N–H and O–H groups in total. The molecule has 0 saturated heterocycles. The number of fused-ring (bicyclic) bond motifs is 1. The minimum absolute atomic E-state index is 0.194. The van der Waals surface area contributed by atoms with Gasteiger partial charge in [0.15, 0.2) is 6.61 Å². The van der Waals surface area contributed by atoms with Crippen molar-refractivity contribution in [1.29, 1.82) is 5.26 Å². The Labute approximate surface area is 179 Å². The summed E-state index contributed by atoms with van der Waals surface area (Å²) in [7, 11) is 0. The van der Waals surface area contributed by atoms with Gasteiger partial charge in [0.25, 0.3) is 5.91 Å². The Hall–Kier alpha value is -3.30. The van der Waals surface area contributed by atoms with Gasteiger partial charge >= 0.3 is 5.63 Å². The minimum Gasteiger partial charge on any atom is -0.482 e. The van der Waals surface area contributed by atoms with Crippen molar-refractivity contribution in [2.24, 2.45) is 0 Å². The number of hydrogen-bond donors (Lipinski definition) is 0. The summed E-state index contributed by atoms with van der Waals surface area (Å²) < 4.78 is 10.9. The number of anilines is 1. The van der Waals surface area contributed by atoms with Gasteiger partial charge in [-0.1, -0.05) is 17.7 Å². The van der Waals surface area contributed by atoms with Crippen molar-refractivity contribution in [1.82, 2.24) is 0 Å². The molecule has 0 atom stereocenters. The molecule has 0 saturated carbocycles. The van der Waals surface area contributed by atoms with Crippen molar-refractivity contribution in [2.75, 3.05) is 18.1 Å². The third-order valence-corrected chi connectivity index (χ3v) is 4.92. The highest BCUT2D eigenvalue weighted by Crippen LogP contribution is 2.31. The molecule has 3 aromatic rings. The van der Waals surface area contributed by atoms with Crippen LogP contribution in [0.4, 0.5) is 5.69 Å². The highest BCUT2D eigenvalue weighted by atomic mass is 35.5. The van der Waals surface area contributed by atoms with Crippen molar-refractivity contribution >= 4 is 34.2 Å². The lowest BCUT2D eigenvalue weighted by Crippen LogP contribution is -2.35. The highest BCUT2D eigenvalue weighted by Gasteiger charge is 2.18. The number of nitriles is 1. The zero-order chi connectivity index (χ0) is 21.8. The van der Waals surface area contributed by atoms with E-state index in [1.807, 2.05) is 32.0 Å². The Morgan fingerprint density at radius 3 is 2.50 bits per heavy atom. The van der Waals surface area contributed by atoms with Gasteiger partial charge in [-0.3, -0.25) is 4.79 Å². The van der Waals surface area contributed by atoms with E-state index in [4.69, 9.17) is 26.0 Å². The molecule has 154 valence electrons. The van der Waals surface area contributed by atoms with E-state index in [2.05, 4.69) is 6.07 Å². The maximum absolute atomic E-state index is 12.9. The molecule has 0 aliphatic heterocycles. The van der Waals surface area contributed by atoms with Crippen molar-refractivity contribution in [3.63, 3.8) is 0 Å². The summed E-state index contributed by atoms with van der Waals surface area (Å²) in [5, 5.41) is 9.98. The van der Waals surface area contributed by atoms with Gasteiger partial charge in [0.1, 0.15) is 11.3 Å². The van der Waals surface area contributed by atoms with Crippen LogP contribution in [0.2, 0.25) is 5.02 Å². The highest BCUT2D eigenvalue weighted by molar-refractivity contribution is 6.32. The Balaban J connectivity index is 1.85. The van der Waals surface area contributed by atoms with Gasteiger partial charge in [0.05, 0.1) is 17.5 Å². The second kappa shape index (κ2) is 9.02. The zero-order valence-corrected chi connectivity index (χ0v) is 17.7. The molecule has 0 aliphatic rings. The van der Waals surface area contributed by atoms with Crippen LogP contribution >= 0.6 is 11.6 Å². The van der Waals surface area contributed by atoms with E-state index < -0.39 is 5.63 Å². The van der Waals surface area contributed by atoms with Crippen molar-refractivity contribution in [3.8, 4) is 11.8 Å². The van der Waals surface area contributed by atoms with Crippen LogP contribution in [0, 0.1) is 32.1 Å². The largest absolute Gasteiger partial charge is 0.482 e. The maximum Gasteiger partial charge on any atom is 0.336 e. The van der Waals surface area contributed by atoms with Crippen molar-refractivity contribution < 1.29 is 13.9 Å². The zero-order valence-electron chi connectivity index (χ0n) is 17.0. The average molecular weight is 425 g/mol. The first-order valence-electron chi connectivity index (χ1n) is 9.41. The third-order valence-electron chi connectivity index (χ3n) is 4.62. The van der Waals surface area contributed by atoms with Crippen LogP contribution in [0.5, 0.6) is 5.75 Å². The predicted octanol–water partition coefficient (Wildman–Crippen LogP) is 4.70. The van der Waals surface area contributed by atoms with Crippen LogP contribution in [0.15, 0.2) is 45.6 Å². The second-order valence-electron chi connectivity index (χ2n) is 7.12. The Bertz CT molecular complexity index is 1190. The summed E-state index contributed by atoms with van der Waals surface area (Å²) in [4.78, 5) is 26.1. The molecule has 0 spiro atoms. The first kappa shape index (κ1) is 21.4. The summed E-state index contributed by atoms with van der Waals surface area (Å²) in [5.74, 6) is -0.0657. The molecule has 0 aliphatic carbocycles. The van der Waals surface area contributed by atoms with E-state index in [0.717, 1.165) is 16.7 Å². The lowest BCUT2D eigenvalue weighted by Gasteiger charge is -2.23. The fraction of sp³-hybridized carbons (Fsp3) is 0.261. The fourth-order valence-electron chi connectivity index (χ4n) is 3.31. The molecule has 1 amide bonds. The lowest BCUT2D eigenvalue weighted by atomic mass is 10.1. The molecule has 0 unspecified atom stereocenters. The van der Waals surface area contributed by atoms with E-state index in [9.17, 15) is 9.59 Å². The molecule has 30 heavy (non-hydrogen) atoms. The summed E-state index contributed by atoms with van der Waals surface area (Å²) in [5.41, 5.74) is 3.35. The van der Waals surface area contributed by atoms with Crippen LogP contribution in [-0.4, -0.2) is 19.1 Å². The number of ether oxygens (including phenoxy) is 1. The van der Waals surface area contributed by atoms with E-state index in [-0.39, 0.29) is 31.2 Å². The number of halogens is 1. The van der Waals surface area contributed by atoms with Crippen LogP contribution in [0.1, 0.15) is 23.1 Å². The summed E-state index contributed by atoms with van der Waals surface area (Å²) >= 11 is 6.31. The molecule has 0 bridgehead atoms. The number of nitrogens with zero attached hydrogens (tertiary/aromatic N) is 2. The van der Waals surface area contributed by atoms with Gasteiger partial charge in [0, 0.05) is 29.8 Å². The molecular weight excluding hydrogens is 404 g/mol. The minimum atomic E-state index is -0.471. The maximum atomic E-state index is 12.9. The molecule has 2 aromatic carbocycles. The van der Waals surface area contributed by atoms with E-state index in [1.165, 1.54) is 17.0 Å². The second-order valence-corrected chi connectivity index (χ2v) is 7.52. The SMILES string of the molecule is Cc1cc(C)cc(N(CCC#N)C(=O)COc2cc3oc(=O)cc(C)c3cc2Cl)c1. The molecule has 0 fully saturated rings. The van der Waals surface area contributed by atoms with Gasteiger partial charge in [0.2, 0.25) is 0 Å². The van der Waals surface area contributed by atoms with E-state index in [1.54, 1.807) is 13.0 Å². The fourth-order valence-corrected chi connectivity index (χ4v) is 3.53. The Morgan fingerprint density at radius 2 is 1.83 bits per heavy atom. The number of aryl methyl sites for hydroxylation is 3. The van der Waals surface area contributed by atoms with Crippen LogP contribution in [0.3, 0.4) is 0 Å². The van der Waals surface area contributed by atoms with Crippen molar-refractivity contribution in [2.45, 2.75) is 27.2 Å². The summed E-state index contributed by atoms with van der Waals surface area (Å²) in [6, 6.07) is 12.4. The third kappa shape index (κ3) is 4.81.